The van der Waals surface area contributed by atoms with Crippen molar-refractivity contribution in [1.29, 1.82) is 0 Å². The Bertz CT molecular complexity index is 508. The maximum atomic E-state index is 9.12. The molecule has 0 amide bonds. The van der Waals surface area contributed by atoms with Gasteiger partial charge in [0.15, 0.2) is 0 Å². The predicted octanol–water partition coefficient (Wildman–Crippen LogP) is 2.96. The monoisotopic (exact) mass is 242 g/mol. The highest BCUT2D eigenvalue weighted by Gasteiger charge is 2.06. The quantitative estimate of drug-likeness (QED) is 0.868. The van der Waals surface area contributed by atoms with E-state index >= 15 is 0 Å². The van der Waals surface area contributed by atoms with Gasteiger partial charge in [0.05, 0.1) is 13.2 Å². The summed E-state index contributed by atoms with van der Waals surface area (Å²) < 4.78 is 0. The molecule has 0 atom stereocenters. The average molecular weight is 242 g/mol. The molecule has 0 saturated heterocycles. The first-order valence-corrected chi connectivity index (χ1v) is 6.07. The maximum Gasteiger partial charge on any atom is 0.0681 e. The molecule has 94 valence electrons. The number of hydrogen-bond acceptors (Lipinski definition) is 2. The van der Waals surface area contributed by atoms with Gasteiger partial charge in [-0.1, -0.05) is 36.4 Å². The molecule has 0 bridgehead atoms. The minimum absolute atomic E-state index is 0.0730. The Morgan fingerprint density at radius 3 is 1.39 bits per heavy atom. The Balaban J connectivity index is 2.48. The number of rotatable bonds is 3. The van der Waals surface area contributed by atoms with Crippen LogP contribution in [0, 0.1) is 13.8 Å². The van der Waals surface area contributed by atoms with E-state index in [0.717, 1.165) is 22.3 Å². The van der Waals surface area contributed by atoms with Gasteiger partial charge in [-0.05, 0) is 47.2 Å². The molecule has 0 unspecified atom stereocenters. The second-order valence-corrected chi connectivity index (χ2v) is 4.61. The summed E-state index contributed by atoms with van der Waals surface area (Å²) in [6.07, 6.45) is 0. The van der Waals surface area contributed by atoms with Crippen LogP contribution in [0.3, 0.4) is 0 Å². The van der Waals surface area contributed by atoms with E-state index in [-0.39, 0.29) is 13.2 Å². The predicted molar refractivity (Wildman–Crippen MR) is 73.2 cm³/mol. The topological polar surface area (TPSA) is 40.5 Å². The number of aliphatic hydroxyl groups excluding tert-OH is 2. The molecular weight excluding hydrogens is 224 g/mol. The molecule has 0 aromatic heterocycles. The largest absolute Gasteiger partial charge is 0.392 e. The first kappa shape index (κ1) is 12.8. The van der Waals surface area contributed by atoms with Gasteiger partial charge in [0.25, 0.3) is 0 Å². The fraction of sp³-hybridized carbons (Fsp3) is 0.250. The molecule has 2 rings (SSSR count). The molecule has 18 heavy (non-hydrogen) atoms. The van der Waals surface area contributed by atoms with Crippen LogP contribution in [0.15, 0.2) is 36.4 Å². The summed E-state index contributed by atoms with van der Waals surface area (Å²) in [5, 5.41) is 18.2. The zero-order valence-corrected chi connectivity index (χ0v) is 10.8. The Labute approximate surface area is 108 Å². The van der Waals surface area contributed by atoms with Gasteiger partial charge in [0.2, 0.25) is 0 Å². The lowest BCUT2D eigenvalue weighted by molar-refractivity contribution is 0.281. The molecule has 0 aliphatic rings. The number of hydrogen-bond donors (Lipinski definition) is 2. The molecule has 2 aromatic rings. The highest BCUT2D eigenvalue weighted by molar-refractivity contribution is 5.71. The van der Waals surface area contributed by atoms with Crippen LogP contribution >= 0.6 is 0 Å². The molecule has 0 spiro atoms. The summed E-state index contributed by atoms with van der Waals surface area (Å²) >= 11 is 0. The first-order chi connectivity index (χ1) is 8.65. The third-order valence-corrected chi connectivity index (χ3v) is 3.24. The summed E-state index contributed by atoms with van der Waals surface area (Å²) in [6.45, 7) is 4.24. The van der Waals surface area contributed by atoms with Crippen LogP contribution in [0.5, 0.6) is 0 Å². The van der Waals surface area contributed by atoms with E-state index in [1.165, 1.54) is 11.1 Å². The molecule has 0 saturated carbocycles. The Hall–Kier alpha value is -1.64. The smallest absolute Gasteiger partial charge is 0.0681 e. The van der Waals surface area contributed by atoms with Gasteiger partial charge < -0.3 is 10.2 Å². The van der Waals surface area contributed by atoms with E-state index in [9.17, 15) is 0 Å². The van der Waals surface area contributed by atoms with Gasteiger partial charge in [-0.15, -0.1) is 0 Å². The van der Waals surface area contributed by atoms with Crippen LogP contribution in [0.2, 0.25) is 0 Å². The van der Waals surface area contributed by atoms with E-state index in [1.54, 1.807) is 0 Å². The molecule has 0 aliphatic carbocycles. The van der Waals surface area contributed by atoms with Crippen molar-refractivity contribution in [1.82, 2.24) is 0 Å². The van der Waals surface area contributed by atoms with Crippen LogP contribution < -0.4 is 0 Å². The standard InChI is InChI=1S/C16H18O2/c1-11-7-13(9-17)3-5-15(11)16-6-4-14(10-18)8-12(16)2/h3-8,17-18H,9-10H2,1-2H3. The summed E-state index contributed by atoms with van der Waals surface area (Å²) in [5.74, 6) is 0. The van der Waals surface area contributed by atoms with Crippen LogP contribution in [-0.2, 0) is 13.2 Å². The number of aliphatic hydroxyl groups is 2. The summed E-state index contributed by atoms with van der Waals surface area (Å²) in [5.41, 5.74) is 6.52. The van der Waals surface area contributed by atoms with Gasteiger partial charge in [-0.25, -0.2) is 0 Å². The Kier molecular flexibility index (Phi) is 3.80. The van der Waals surface area contributed by atoms with E-state index in [0.29, 0.717) is 0 Å². The minimum atomic E-state index is 0.0730. The zero-order chi connectivity index (χ0) is 13.1. The van der Waals surface area contributed by atoms with Crippen LogP contribution in [0.1, 0.15) is 22.3 Å². The van der Waals surface area contributed by atoms with E-state index in [4.69, 9.17) is 10.2 Å². The summed E-state index contributed by atoms with van der Waals surface area (Å²) in [6, 6.07) is 12.0. The number of aryl methyl sites for hydroxylation is 2. The van der Waals surface area contributed by atoms with E-state index in [1.807, 2.05) is 50.2 Å². The Morgan fingerprint density at radius 1 is 0.722 bits per heavy atom. The van der Waals surface area contributed by atoms with Gasteiger partial charge >= 0.3 is 0 Å². The summed E-state index contributed by atoms with van der Waals surface area (Å²) in [4.78, 5) is 0. The fourth-order valence-corrected chi connectivity index (χ4v) is 2.25. The molecule has 2 heteroatoms. The van der Waals surface area contributed by atoms with Gasteiger partial charge in [0.1, 0.15) is 0 Å². The third-order valence-electron chi connectivity index (χ3n) is 3.24. The molecule has 0 heterocycles. The maximum absolute atomic E-state index is 9.12. The van der Waals surface area contributed by atoms with Crippen molar-refractivity contribution >= 4 is 0 Å². The normalized spacial score (nSPS) is 10.7. The molecule has 2 N–H and O–H groups in total. The molecule has 0 fully saturated rings. The second-order valence-electron chi connectivity index (χ2n) is 4.61. The van der Waals surface area contributed by atoms with Gasteiger partial charge in [-0.2, -0.15) is 0 Å². The van der Waals surface area contributed by atoms with Crippen LogP contribution in [0.25, 0.3) is 11.1 Å². The van der Waals surface area contributed by atoms with Crippen molar-refractivity contribution in [3.63, 3.8) is 0 Å². The highest BCUT2D eigenvalue weighted by atomic mass is 16.3. The minimum Gasteiger partial charge on any atom is -0.392 e. The highest BCUT2D eigenvalue weighted by Crippen LogP contribution is 2.28. The van der Waals surface area contributed by atoms with Crippen molar-refractivity contribution in [2.24, 2.45) is 0 Å². The molecule has 2 aromatic carbocycles. The first-order valence-electron chi connectivity index (χ1n) is 6.07. The van der Waals surface area contributed by atoms with Crippen molar-refractivity contribution in [2.75, 3.05) is 0 Å². The molecule has 2 nitrogen and oxygen atoms in total. The van der Waals surface area contributed by atoms with Crippen molar-refractivity contribution in [3.8, 4) is 11.1 Å². The Morgan fingerprint density at radius 2 is 1.11 bits per heavy atom. The fourth-order valence-electron chi connectivity index (χ4n) is 2.25. The SMILES string of the molecule is Cc1cc(CO)ccc1-c1ccc(CO)cc1C. The lowest BCUT2D eigenvalue weighted by atomic mass is 9.94. The lowest BCUT2D eigenvalue weighted by Crippen LogP contribution is -1.92. The van der Waals surface area contributed by atoms with Crippen molar-refractivity contribution < 1.29 is 10.2 Å². The average Bonchev–Trinajstić information content (AvgIpc) is 2.39. The third kappa shape index (κ3) is 2.45. The van der Waals surface area contributed by atoms with Gasteiger partial charge in [0, 0.05) is 0 Å². The van der Waals surface area contributed by atoms with Crippen molar-refractivity contribution in [2.45, 2.75) is 27.1 Å². The zero-order valence-electron chi connectivity index (χ0n) is 10.8. The van der Waals surface area contributed by atoms with Crippen LogP contribution in [-0.4, -0.2) is 10.2 Å². The van der Waals surface area contributed by atoms with Gasteiger partial charge in [-0.3, -0.25) is 0 Å². The van der Waals surface area contributed by atoms with Crippen molar-refractivity contribution in [3.05, 3.63) is 58.7 Å². The second kappa shape index (κ2) is 5.34. The van der Waals surface area contributed by atoms with E-state index < -0.39 is 0 Å². The molecule has 0 aliphatic heterocycles. The lowest BCUT2D eigenvalue weighted by Gasteiger charge is -2.11. The van der Waals surface area contributed by atoms with Crippen LogP contribution in [0.4, 0.5) is 0 Å². The molecular formula is C16H18O2. The number of benzene rings is 2. The molecule has 0 radical (unpaired) electrons. The summed E-state index contributed by atoms with van der Waals surface area (Å²) in [7, 11) is 0. The van der Waals surface area contributed by atoms with E-state index in [2.05, 4.69) is 0 Å².